The highest BCUT2D eigenvalue weighted by atomic mass is 16.2. The monoisotopic (exact) mass is 338 g/mol. The van der Waals surface area contributed by atoms with E-state index in [2.05, 4.69) is 21.8 Å². The number of carbonyl (C=O) groups is 1. The lowest BCUT2D eigenvalue weighted by molar-refractivity contribution is 0.0791. The summed E-state index contributed by atoms with van der Waals surface area (Å²) in [5, 5.41) is 0. The van der Waals surface area contributed by atoms with Gasteiger partial charge in [-0.2, -0.15) is 0 Å². The maximum Gasteiger partial charge on any atom is 0.272 e. The number of amides is 1. The van der Waals surface area contributed by atoms with Gasteiger partial charge in [0.05, 0.1) is 0 Å². The Morgan fingerprint density at radius 2 is 2.08 bits per heavy atom. The number of anilines is 1. The molecule has 5 heteroatoms. The predicted octanol–water partition coefficient (Wildman–Crippen LogP) is 3.03. The molecule has 1 aliphatic heterocycles. The Morgan fingerprint density at radius 1 is 1.28 bits per heavy atom. The zero-order chi connectivity index (χ0) is 17.6. The second-order valence-corrected chi connectivity index (χ2v) is 6.92. The largest absolute Gasteiger partial charge is 0.371 e. The molecule has 1 aliphatic rings. The van der Waals surface area contributed by atoms with E-state index in [1.54, 1.807) is 23.5 Å². The summed E-state index contributed by atoms with van der Waals surface area (Å²) >= 11 is 0. The average molecular weight is 338 g/mol. The van der Waals surface area contributed by atoms with Crippen LogP contribution in [0.15, 0.2) is 42.9 Å². The summed E-state index contributed by atoms with van der Waals surface area (Å²) in [4.78, 5) is 25.1. The molecule has 0 N–H and O–H groups in total. The van der Waals surface area contributed by atoms with Crippen molar-refractivity contribution in [3.8, 4) is 0 Å². The minimum atomic E-state index is -0.0269. The van der Waals surface area contributed by atoms with E-state index in [-0.39, 0.29) is 5.91 Å². The highest BCUT2D eigenvalue weighted by molar-refractivity contribution is 5.93. The zero-order valence-corrected chi connectivity index (χ0v) is 15.1. The van der Waals surface area contributed by atoms with E-state index in [0.29, 0.717) is 18.2 Å². The molecule has 0 aromatic carbocycles. The molecular weight excluding hydrogens is 312 g/mol. The fourth-order valence-corrected chi connectivity index (χ4v) is 3.30. The summed E-state index contributed by atoms with van der Waals surface area (Å²) in [6.45, 7) is 5.05. The SMILES string of the molecule is CC1CCCN(c2ccnc(C(=O)N(C)CCc3ccncc3)c2)C1. The summed E-state index contributed by atoms with van der Waals surface area (Å²) in [5.74, 6) is 0.671. The first-order chi connectivity index (χ1) is 12.1. The van der Waals surface area contributed by atoms with Gasteiger partial charge in [-0.25, -0.2) is 0 Å². The highest BCUT2D eigenvalue weighted by Gasteiger charge is 2.19. The summed E-state index contributed by atoms with van der Waals surface area (Å²) in [6.07, 6.45) is 8.61. The molecule has 3 heterocycles. The van der Waals surface area contributed by atoms with Crippen molar-refractivity contribution in [2.24, 2.45) is 5.92 Å². The smallest absolute Gasteiger partial charge is 0.272 e. The van der Waals surface area contributed by atoms with E-state index in [1.165, 1.54) is 18.4 Å². The third-order valence-electron chi connectivity index (χ3n) is 4.82. The van der Waals surface area contributed by atoms with Gasteiger partial charge in [0.25, 0.3) is 5.91 Å². The van der Waals surface area contributed by atoms with Crippen LogP contribution in [0.2, 0.25) is 0 Å². The van der Waals surface area contributed by atoms with Crippen molar-refractivity contribution < 1.29 is 4.79 Å². The molecule has 0 bridgehead atoms. The number of pyridine rings is 2. The van der Waals surface area contributed by atoms with E-state index in [0.717, 1.165) is 25.2 Å². The molecule has 5 nitrogen and oxygen atoms in total. The van der Waals surface area contributed by atoms with Gasteiger partial charge in [0, 0.05) is 51.0 Å². The van der Waals surface area contributed by atoms with Crippen LogP contribution in [0.5, 0.6) is 0 Å². The summed E-state index contributed by atoms with van der Waals surface area (Å²) < 4.78 is 0. The molecule has 0 radical (unpaired) electrons. The van der Waals surface area contributed by atoms with E-state index >= 15 is 0 Å². The van der Waals surface area contributed by atoms with Crippen molar-refractivity contribution in [2.75, 3.05) is 31.6 Å². The van der Waals surface area contributed by atoms with Gasteiger partial charge in [0.2, 0.25) is 0 Å². The van der Waals surface area contributed by atoms with E-state index in [9.17, 15) is 4.79 Å². The summed E-state index contributed by atoms with van der Waals surface area (Å²) in [7, 11) is 1.83. The lowest BCUT2D eigenvalue weighted by Gasteiger charge is -2.33. The first kappa shape index (κ1) is 17.4. The van der Waals surface area contributed by atoms with Crippen LogP contribution in [0.25, 0.3) is 0 Å². The number of likely N-dealkylation sites (N-methyl/N-ethyl adjacent to an activating group) is 1. The van der Waals surface area contributed by atoms with Gasteiger partial charge in [0.1, 0.15) is 5.69 Å². The maximum absolute atomic E-state index is 12.7. The number of piperidine rings is 1. The standard InChI is InChI=1S/C20H26N4O/c1-16-4-3-12-24(15-16)18-7-11-22-19(14-18)20(25)23(2)13-8-17-5-9-21-10-6-17/h5-7,9-11,14,16H,3-4,8,12-13,15H2,1-2H3. The van der Waals surface area contributed by atoms with Crippen LogP contribution in [0.3, 0.4) is 0 Å². The van der Waals surface area contributed by atoms with Crippen molar-refractivity contribution >= 4 is 11.6 Å². The quantitative estimate of drug-likeness (QED) is 0.841. The second-order valence-electron chi connectivity index (χ2n) is 6.92. The molecule has 1 amide bonds. The van der Waals surface area contributed by atoms with Crippen molar-refractivity contribution in [3.05, 3.63) is 54.1 Å². The second kappa shape index (κ2) is 8.10. The number of hydrogen-bond acceptors (Lipinski definition) is 4. The van der Waals surface area contributed by atoms with Gasteiger partial charge in [-0.3, -0.25) is 14.8 Å². The summed E-state index contributed by atoms with van der Waals surface area (Å²) in [5.41, 5.74) is 2.80. The Morgan fingerprint density at radius 3 is 2.84 bits per heavy atom. The lowest BCUT2D eigenvalue weighted by atomic mass is 10.00. The molecule has 3 rings (SSSR count). The first-order valence-corrected chi connectivity index (χ1v) is 8.99. The third kappa shape index (κ3) is 4.56. The van der Waals surface area contributed by atoms with Crippen molar-refractivity contribution in [1.82, 2.24) is 14.9 Å². The Labute approximate surface area is 149 Å². The number of hydrogen-bond donors (Lipinski definition) is 0. The van der Waals surface area contributed by atoms with Crippen LogP contribution in [0.4, 0.5) is 5.69 Å². The van der Waals surface area contributed by atoms with Gasteiger partial charge in [0.15, 0.2) is 0 Å². The molecule has 1 saturated heterocycles. The highest BCUT2D eigenvalue weighted by Crippen LogP contribution is 2.23. The number of carbonyl (C=O) groups excluding carboxylic acids is 1. The molecule has 2 aromatic heterocycles. The normalized spacial score (nSPS) is 17.4. The molecule has 0 saturated carbocycles. The van der Waals surface area contributed by atoms with E-state index in [1.807, 2.05) is 31.3 Å². The van der Waals surface area contributed by atoms with Crippen LogP contribution in [-0.2, 0) is 6.42 Å². The zero-order valence-electron chi connectivity index (χ0n) is 15.1. The first-order valence-electron chi connectivity index (χ1n) is 8.99. The molecular formula is C20H26N4O. The Bertz CT molecular complexity index is 704. The molecule has 0 aliphatic carbocycles. The van der Waals surface area contributed by atoms with Crippen LogP contribution >= 0.6 is 0 Å². The molecule has 25 heavy (non-hydrogen) atoms. The van der Waals surface area contributed by atoms with Gasteiger partial charge in [-0.15, -0.1) is 0 Å². The van der Waals surface area contributed by atoms with Crippen LogP contribution in [-0.4, -0.2) is 47.5 Å². The van der Waals surface area contributed by atoms with Crippen molar-refractivity contribution in [1.29, 1.82) is 0 Å². The molecule has 0 spiro atoms. The van der Waals surface area contributed by atoms with Gasteiger partial charge in [-0.05, 0) is 55.0 Å². The van der Waals surface area contributed by atoms with E-state index in [4.69, 9.17) is 0 Å². The maximum atomic E-state index is 12.7. The number of aromatic nitrogens is 2. The van der Waals surface area contributed by atoms with Crippen LogP contribution in [0, 0.1) is 5.92 Å². The minimum absolute atomic E-state index is 0.0269. The fourth-order valence-electron chi connectivity index (χ4n) is 3.30. The van der Waals surface area contributed by atoms with Crippen LogP contribution < -0.4 is 4.90 Å². The number of nitrogens with zero attached hydrogens (tertiary/aromatic N) is 4. The predicted molar refractivity (Wildman–Crippen MR) is 99.7 cm³/mol. The Kier molecular flexibility index (Phi) is 5.64. The van der Waals surface area contributed by atoms with Crippen molar-refractivity contribution in [3.63, 3.8) is 0 Å². The molecule has 1 atom stereocenters. The van der Waals surface area contributed by atoms with E-state index < -0.39 is 0 Å². The van der Waals surface area contributed by atoms with Gasteiger partial charge in [-0.1, -0.05) is 6.92 Å². The van der Waals surface area contributed by atoms with Gasteiger partial charge < -0.3 is 9.80 Å². The van der Waals surface area contributed by atoms with Gasteiger partial charge >= 0.3 is 0 Å². The molecule has 1 unspecified atom stereocenters. The molecule has 132 valence electrons. The number of rotatable bonds is 5. The Balaban J connectivity index is 1.64. The third-order valence-corrected chi connectivity index (χ3v) is 4.82. The molecule has 1 fully saturated rings. The molecule has 2 aromatic rings. The topological polar surface area (TPSA) is 49.3 Å². The van der Waals surface area contributed by atoms with Crippen LogP contribution in [0.1, 0.15) is 35.8 Å². The van der Waals surface area contributed by atoms with Crippen molar-refractivity contribution in [2.45, 2.75) is 26.2 Å². The lowest BCUT2D eigenvalue weighted by Crippen LogP contribution is -2.34. The average Bonchev–Trinajstić information content (AvgIpc) is 2.66. The fraction of sp³-hybridized carbons (Fsp3) is 0.450. The Hall–Kier alpha value is -2.43. The minimum Gasteiger partial charge on any atom is -0.371 e. The summed E-state index contributed by atoms with van der Waals surface area (Å²) in [6, 6.07) is 7.90.